The predicted octanol–water partition coefficient (Wildman–Crippen LogP) is 0.494. The number of aliphatic hydroxyl groups excluding tert-OH is 4. The van der Waals surface area contributed by atoms with E-state index in [-0.39, 0.29) is 37.6 Å². The molecule has 0 spiro atoms. The largest absolute Gasteiger partial charge is 0.393 e. The number of carbonyl (C=O) groups is 1. The Hall–Kier alpha value is -1.22. The number of amides is 1. The molecule has 2 heterocycles. The Balaban J connectivity index is 2.38. The van der Waals surface area contributed by atoms with E-state index in [1.54, 1.807) is 26.8 Å². The summed E-state index contributed by atoms with van der Waals surface area (Å²) in [7, 11) is 0. The van der Waals surface area contributed by atoms with Crippen molar-refractivity contribution in [1.82, 2.24) is 5.32 Å². The number of ether oxygens (including phenoxy) is 3. The minimum absolute atomic E-state index is 0.0732. The number of nitrogens with one attached hydrogen (secondary N) is 1. The van der Waals surface area contributed by atoms with E-state index < -0.39 is 78.3 Å². The molecule has 8 N–H and O–H groups in total. The average molecular weight is 579 g/mol. The number of nitrogens with two attached hydrogens (primary N) is 1. The molecule has 2 rings (SSSR count). The van der Waals surface area contributed by atoms with Crippen molar-refractivity contribution in [3.05, 3.63) is 12.2 Å². The van der Waals surface area contributed by atoms with Gasteiger partial charge in [-0.1, -0.05) is 39.8 Å². The maximum absolute atomic E-state index is 14.2. The number of rotatable bonds is 12. The molecule has 0 aromatic rings. The van der Waals surface area contributed by atoms with Gasteiger partial charge >= 0.3 is 0 Å². The van der Waals surface area contributed by atoms with Crippen molar-refractivity contribution in [3.8, 4) is 0 Å². The Morgan fingerprint density at radius 3 is 2.38 bits per heavy atom. The Morgan fingerprint density at radius 1 is 1.20 bits per heavy atom. The quantitative estimate of drug-likeness (QED) is 0.161. The highest BCUT2D eigenvalue weighted by Gasteiger charge is 2.50. The fraction of sp³-hybridized carbons (Fsp3) is 0.893. The van der Waals surface area contributed by atoms with Gasteiger partial charge in [-0.05, 0) is 32.6 Å². The van der Waals surface area contributed by atoms with Crippen LogP contribution in [-0.4, -0.2) is 105 Å². The van der Waals surface area contributed by atoms with Crippen LogP contribution in [0.2, 0.25) is 0 Å². The monoisotopic (exact) mass is 578 g/mol. The highest BCUT2D eigenvalue weighted by molar-refractivity contribution is 5.80. The van der Waals surface area contributed by atoms with Crippen molar-refractivity contribution in [2.75, 3.05) is 6.54 Å². The molecular weight excluding hydrogens is 527 g/mol. The summed E-state index contributed by atoms with van der Waals surface area (Å²) in [5.41, 5.74) is 4.26. The first-order valence-corrected chi connectivity index (χ1v) is 14.2. The first-order chi connectivity index (χ1) is 18.3. The third kappa shape index (κ3) is 9.95. The molecule has 0 radical (unpaired) electrons. The summed E-state index contributed by atoms with van der Waals surface area (Å²) < 4.78 is 31.9. The third-order valence-corrected chi connectivity index (χ3v) is 7.38. The van der Waals surface area contributed by atoms with Crippen LogP contribution in [0.3, 0.4) is 0 Å². The van der Waals surface area contributed by atoms with Gasteiger partial charge in [0.2, 0.25) is 5.91 Å². The van der Waals surface area contributed by atoms with E-state index in [2.05, 4.69) is 5.32 Å². The lowest BCUT2D eigenvalue weighted by Crippen LogP contribution is -2.62. The molecule has 0 saturated carbocycles. The topological polar surface area (TPSA) is 184 Å². The van der Waals surface area contributed by atoms with Crippen LogP contribution in [0.15, 0.2) is 12.2 Å². The van der Waals surface area contributed by atoms with Gasteiger partial charge in [0.25, 0.3) is 0 Å². The van der Waals surface area contributed by atoms with Crippen molar-refractivity contribution in [3.63, 3.8) is 0 Å². The fourth-order valence-electron chi connectivity index (χ4n) is 4.86. The lowest BCUT2D eigenvalue weighted by Gasteiger charge is -2.46. The van der Waals surface area contributed by atoms with Crippen molar-refractivity contribution in [1.29, 1.82) is 0 Å². The molecular formula is C28H51FN2O9. The van der Waals surface area contributed by atoms with Gasteiger partial charge in [0, 0.05) is 19.3 Å². The number of alkyl halides is 1. The molecule has 11 nitrogen and oxygen atoms in total. The number of allylic oxidation sites excluding steroid dienone is 1. The number of carbonyl (C=O) groups excluding carboxylic acids is 1. The van der Waals surface area contributed by atoms with Gasteiger partial charge in [0.1, 0.15) is 11.8 Å². The average Bonchev–Trinajstić information content (AvgIpc) is 2.81. The minimum Gasteiger partial charge on any atom is -0.393 e. The smallest absolute Gasteiger partial charge is 0.228 e. The van der Waals surface area contributed by atoms with Crippen molar-refractivity contribution < 1.29 is 48.9 Å². The van der Waals surface area contributed by atoms with Gasteiger partial charge in [-0.2, -0.15) is 0 Å². The van der Waals surface area contributed by atoms with Gasteiger partial charge in [0.05, 0.1) is 55.1 Å². The molecule has 0 aromatic heterocycles. The Bertz CT molecular complexity index is 839. The highest BCUT2D eigenvalue weighted by atomic mass is 19.1. The van der Waals surface area contributed by atoms with E-state index in [0.29, 0.717) is 0 Å². The molecule has 0 aromatic carbocycles. The molecule has 2 fully saturated rings. The first kappa shape index (κ1) is 35.0. The van der Waals surface area contributed by atoms with Crippen LogP contribution >= 0.6 is 0 Å². The van der Waals surface area contributed by atoms with Crippen LogP contribution in [0, 0.1) is 17.8 Å². The Labute approximate surface area is 236 Å². The molecule has 5 unspecified atom stereocenters. The summed E-state index contributed by atoms with van der Waals surface area (Å²) in [4.78, 5) is 13.2. The lowest BCUT2D eigenvalue weighted by molar-refractivity contribution is -0.307. The van der Waals surface area contributed by atoms with Gasteiger partial charge in [-0.15, -0.1) is 0 Å². The molecule has 2 saturated heterocycles. The van der Waals surface area contributed by atoms with Crippen LogP contribution in [0.1, 0.15) is 67.7 Å². The van der Waals surface area contributed by atoms with Crippen LogP contribution in [0.5, 0.6) is 0 Å². The summed E-state index contributed by atoms with van der Waals surface area (Å²) in [6.45, 7) is 11.3. The Morgan fingerprint density at radius 2 is 1.82 bits per heavy atom. The van der Waals surface area contributed by atoms with Crippen LogP contribution in [-0.2, 0) is 19.0 Å². The molecule has 0 bridgehead atoms. The van der Waals surface area contributed by atoms with Crippen molar-refractivity contribution >= 4 is 5.91 Å². The van der Waals surface area contributed by atoms with E-state index in [9.17, 15) is 34.7 Å². The summed E-state index contributed by atoms with van der Waals surface area (Å²) in [6.07, 6.45) is -5.77. The van der Waals surface area contributed by atoms with Crippen molar-refractivity contribution in [2.45, 2.75) is 134 Å². The van der Waals surface area contributed by atoms with Gasteiger partial charge in [-0.25, -0.2) is 4.39 Å². The zero-order valence-corrected chi connectivity index (χ0v) is 24.7. The molecule has 0 aliphatic carbocycles. The third-order valence-electron chi connectivity index (χ3n) is 7.38. The molecule has 12 heteroatoms. The molecule has 11 atom stereocenters. The standard InChI is InChI=1S/C28H51FN2O9/c1-14(2)8-9-17(39-26-24(35)22(30)23(34)16(5)38-26)10-20-21(25(36)31-13-27(6,7)29)19(33)12-28(37,40-20)11-18(32)15(3)4/h8-9,14-24,26,32-35,37H,10-13,30H2,1-7H3,(H,31,36)/b9-8+/t16?,17-,18+,19-,20-,21+,22?,23?,24?,26?,28+/m0/s1. The van der Waals surface area contributed by atoms with E-state index in [1.807, 2.05) is 19.9 Å². The fourth-order valence-corrected chi connectivity index (χ4v) is 4.86. The zero-order valence-electron chi connectivity index (χ0n) is 24.7. The predicted molar refractivity (Wildman–Crippen MR) is 145 cm³/mol. The van der Waals surface area contributed by atoms with Crippen LogP contribution in [0.25, 0.3) is 0 Å². The van der Waals surface area contributed by atoms with Gasteiger partial charge in [-0.3, -0.25) is 4.79 Å². The number of aliphatic hydroxyl groups is 5. The van der Waals surface area contributed by atoms with E-state index in [1.165, 1.54) is 13.8 Å². The number of hydrogen-bond donors (Lipinski definition) is 7. The van der Waals surface area contributed by atoms with Gasteiger partial charge < -0.3 is 50.8 Å². The first-order valence-electron chi connectivity index (χ1n) is 14.2. The van der Waals surface area contributed by atoms with Gasteiger partial charge in [0.15, 0.2) is 12.1 Å². The maximum Gasteiger partial charge on any atom is 0.228 e. The SMILES string of the molecule is CC(C)/C=C/[C@@H](C[C@@H]1O[C@](O)(C[C@@H](O)C(C)C)C[C@H](O)[C@H]1C(=O)NCC(C)(C)F)OC1OC(C)C(O)C(N)C1O. The molecule has 40 heavy (non-hydrogen) atoms. The van der Waals surface area contributed by atoms with Crippen LogP contribution < -0.4 is 11.1 Å². The summed E-state index contributed by atoms with van der Waals surface area (Å²) >= 11 is 0. The zero-order chi connectivity index (χ0) is 30.6. The maximum atomic E-state index is 14.2. The van der Waals surface area contributed by atoms with Crippen LogP contribution in [0.4, 0.5) is 4.39 Å². The van der Waals surface area contributed by atoms with Crippen molar-refractivity contribution in [2.24, 2.45) is 23.5 Å². The molecule has 1 amide bonds. The number of halogens is 1. The second-order valence-electron chi connectivity index (χ2n) is 12.7. The van der Waals surface area contributed by atoms with E-state index in [0.717, 1.165) is 0 Å². The normalized spacial score (nSPS) is 37.2. The second kappa shape index (κ2) is 14.3. The summed E-state index contributed by atoms with van der Waals surface area (Å²) in [6, 6.07) is -1.03. The second-order valence-corrected chi connectivity index (χ2v) is 12.7. The van der Waals surface area contributed by atoms with E-state index >= 15 is 0 Å². The van der Waals surface area contributed by atoms with E-state index in [4.69, 9.17) is 19.9 Å². The highest BCUT2D eigenvalue weighted by Crippen LogP contribution is 2.38. The molecule has 234 valence electrons. The summed E-state index contributed by atoms with van der Waals surface area (Å²) in [5, 5.41) is 56.1. The lowest BCUT2D eigenvalue weighted by atomic mass is 9.81. The Kier molecular flexibility index (Phi) is 12.5. The molecule has 2 aliphatic heterocycles. The summed E-state index contributed by atoms with van der Waals surface area (Å²) in [5.74, 6) is -3.90. The number of hydrogen-bond acceptors (Lipinski definition) is 10. The minimum atomic E-state index is -1.95. The molecule has 2 aliphatic rings.